The van der Waals surface area contributed by atoms with E-state index in [1.54, 1.807) is 0 Å². The third kappa shape index (κ3) is 11.5. The van der Waals surface area contributed by atoms with E-state index in [0.29, 0.717) is 38.7 Å². The average Bonchev–Trinajstić information content (AvgIpc) is 2.66. The zero-order valence-electron chi connectivity index (χ0n) is 16.9. The molecule has 2 N–H and O–H groups in total. The van der Waals surface area contributed by atoms with Gasteiger partial charge in [0.05, 0.1) is 13.1 Å². The van der Waals surface area contributed by atoms with Gasteiger partial charge >= 0.3 is 6.18 Å². The van der Waals surface area contributed by atoms with E-state index in [2.05, 4.69) is 15.6 Å². The number of benzene rings is 1. The number of guanidine groups is 1. The van der Waals surface area contributed by atoms with Crippen LogP contribution < -0.4 is 15.4 Å². The number of piperidine rings is 1. The number of nitrogens with one attached hydrogen (secondary N) is 2. The Morgan fingerprint density at radius 2 is 1.86 bits per heavy atom. The van der Waals surface area contributed by atoms with Crippen LogP contribution in [0, 0.1) is 5.92 Å². The first-order valence-corrected chi connectivity index (χ1v) is 9.95. The largest absolute Gasteiger partial charge is 0.492 e. The number of nitrogens with zero attached hydrogens (tertiary/aromatic N) is 2. The molecule has 1 saturated heterocycles. The first-order valence-electron chi connectivity index (χ1n) is 9.95. The monoisotopic (exact) mass is 528 g/mol. The molecule has 29 heavy (non-hydrogen) atoms. The molecule has 0 aliphatic carbocycles. The molecule has 5 nitrogen and oxygen atoms in total. The van der Waals surface area contributed by atoms with Crippen LogP contribution in [0.2, 0.25) is 0 Å². The summed E-state index contributed by atoms with van der Waals surface area (Å²) < 4.78 is 43.0. The maximum atomic E-state index is 12.4. The molecule has 0 bridgehead atoms. The van der Waals surface area contributed by atoms with Gasteiger partial charge in [-0.25, -0.2) is 0 Å². The molecule has 0 aromatic heterocycles. The maximum absolute atomic E-state index is 12.4. The third-order valence-corrected chi connectivity index (χ3v) is 4.67. The van der Waals surface area contributed by atoms with Crippen molar-refractivity contribution in [3.05, 3.63) is 30.3 Å². The number of rotatable bonds is 9. The number of hydrogen-bond donors (Lipinski definition) is 2. The van der Waals surface area contributed by atoms with Crippen LogP contribution >= 0.6 is 24.0 Å². The maximum Gasteiger partial charge on any atom is 0.401 e. The van der Waals surface area contributed by atoms with Crippen LogP contribution in [0.4, 0.5) is 13.2 Å². The van der Waals surface area contributed by atoms with Crippen molar-refractivity contribution in [2.45, 2.75) is 32.4 Å². The fourth-order valence-corrected chi connectivity index (χ4v) is 3.24. The number of hydrogen-bond acceptors (Lipinski definition) is 3. The molecule has 0 atom stereocenters. The number of para-hydroxylation sites is 1. The summed E-state index contributed by atoms with van der Waals surface area (Å²) in [5.41, 5.74) is 0. The molecule has 1 heterocycles. The number of likely N-dealkylation sites (tertiary alicyclic amines) is 1. The highest BCUT2D eigenvalue weighted by atomic mass is 127. The number of halogens is 4. The van der Waals surface area contributed by atoms with Crippen molar-refractivity contribution < 1.29 is 17.9 Å². The van der Waals surface area contributed by atoms with E-state index in [0.717, 1.165) is 37.5 Å². The van der Waals surface area contributed by atoms with Gasteiger partial charge in [-0.15, -0.1) is 24.0 Å². The molecular weight excluding hydrogens is 496 g/mol. The number of aliphatic imine (C=N–C) groups is 1. The van der Waals surface area contributed by atoms with Gasteiger partial charge in [-0.3, -0.25) is 9.89 Å². The third-order valence-electron chi connectivity index (χ3n) is 4.67. The predicted molar refractivity (Wildman–Crippen MR) is 121 cm³/mol. The molecule has 0 unspecified atom stereocenters. The quantitative estimate of drug-likeness (QED) is 0.221. The molecule has 9 heteroatoms. The highest BCUT2D eigenvalue weighted by Gasteiger charge is 2.32. The SMILES string of the molecule is CCNC(=NCCC1CCN(CC(F)(F)F)CC1)NCCOc1ccccc1.I. The molecule has 0 saturated carbocycles. The van der Waals surface area contributed by atoms with Gasteiger partial charge in [0.15, 0.2) is 5.96 Å². The second-order valence-electron chi connectivity index (χ2n) is 6.97. The summed E-state index contributed by atoms with van der Waals surface area (Å²) in [6, 6.07) is 9.64. The molecule has 2 rings (SSSR count). The lowest BCUT2D eigenvalue weighted by molar-refractivity contribution is -0.148. The van der Waals surface area contributed by atoms with Crippen LogP contribution in [0.3, 0.4) is 0 Å². The molecule has 1 aliphatic rings. The smallest absolute Gasteiger partial charge is 0.401 e. The van der Waals surface area contributed by atoms with Crippen LogP contribution in [0.15, 0.2) is 35.3 Å². The van der Waals surface area contributed by atoms with Crippen molar-refractivity contribution >= 4 is 29.9 Å². The Bertz CT molecular complexity index is 579. The van der Waals surface area contributed by atoms with Gasteiger partial charge in [0.2, 0.25) is 0 Å². The van der Waals surface area contributed by atoms with Crippen LogP contribution in [0.25, 0.3) is 0 Å². The Hall–Kier alpha value is -1.23. The van der Waals surface area contributed by atoms with Crippen molar-refractivity contribution in [2.75, 3.05) is 45.9 Å². The fourth-order valence-electron chi connectivity index (χ4n) is 3.24. The summed E-state index contributed by atoms with van der Waals surface area (Å²) >= 11 is 0. The topological polar surface area (TPSA) is 48.9 Å². The zero-order chi connectivity index (χ0) is 20.2. The molecule has 0 amide bonds. The Balaban J connectivity index is 0.00000420. The number of ether oxygens (including phenoxy) is 1. The molecule has 1 aromatic carbocycles. The van der Waals surface area contributed by atoms with Crippen molar-refractivity contribution in [2.24, 2.45) is 10.9 Å². The highest BCUT2D eigenvalue weighted by Crippen LogP contribution is 2.24. The summed E-state index contributed by atoms with van der Waals surface area (Å²) in [6.45, 7) is 4.85. The molecule has 166 valence electrons. The standard InChI is InChI=1S/C20H31F3N4O.HI/c1-2-24-19(26-12-15-28-18-6-4-3-5-7-18)25-11-8-17-9-13-27(14-10-17)16-20(21,22)23;/h3-7,17H,2,8-16H2,1H3,(H2,24,25,26);1H. The van der Waals surface area contributed by atoms with Gasteiger partial charge in [-0.05, 0) is 57.3 Å². The summed E-state index contributed by atoms with van der Waals surface area (Å²) in [6.07, 6.45) is -1.59. The Labute approximate surface area is 188 Å². The van der Waals surface area contributed by atoms with Gasteiger partial charge in [-0.1, -0.05) is 18.2 Å². The Kier molecular flexibility index (Phi) is 12.4. The highest BCUT2D eigenvalue weighted by molar-refractivity contribution is 14.0. The molecular formula is C20H32F3IN4O. The minimum Gasteiger partial charge on any atom is -0.492 e. The van der Waals surface area contributed by atoms with Crippen LogP contribution in [-0.2, 0) is 0 Å². The van der Waals surface area contributed by atoms with E-state index in [1.165, 1.54) is 4.90 Å². The normalized spacial score (nSPS) is 16.2. The molecule has 1 aromatic rings. The van der Waals surface area contributed by atoms with Crippen molar-refractivity contribution in [1.29, 1.82) is 0 Å². The Morgan fingerprint density at radius 3 is 2.48 bits per heavy atom. The summed E-state index contributed by atoms with van der Waals surface area (Å²) in [5, 5.41) is 6.44. The summed E-state index contributed by atoms with van der Waals surface area (Å²) in [5.74, 6) is 2.02. The molecule has 0 radical (unpaired) electrons. The first-order chi connectivity index (χ1) is 13.5. The van der Waals surface area contributed by atoms with E-state index < -0.39 is 12.7 Å². The first kappa shape index (κ1) is 25.8. The van der Waals surface area contributed by atoms with E-state index in [1.807, 2.05) is 37.3 Å². The van der Waals surface area contributed by atoms with E-state index in [9.17, 15) is 13.2 Å². The van der Waals surface area contributed by atoms with Gasteiger partial charge < -0.3 is 15.4 Å². The lowest BCUT2D eigenvalue weighted by Gasteiger charge is -2.32. The van der Waals surface area contributed by atoms with E-state index in [4.69, 9.17) is 4.74 Å². The summed E-state index contributed by atoms with van der Waals surface area (Å²) in [7, 11) is 0. The minimum absolute atomic E-state index is 0. The summed E-state index contributed by atoms with van der Waals surface area (Å²) in [4.78, 5) is 6.07. The lowest BCUT2D eigenvalue weighted by atomic mass is 9.93. The van der Waals surface area contributed by atoms with Crippen LogP contribution in [0.1, 0.15) is 26.2 Å². The van der Waals surface area contributed by atoms with Gasteiger partial charge in [0.25, 0.3) is 0 Å². The second-order valence-corrected chi connectivity index (χ2v) is 6.97. The van der Waals surface area contributed by atoms with Gasteiger partial charge in [0, 0.05) is 13.1 Å². The minimum atomic E-state index is -4.10. The fraction of sp³-hybridized carbons (Fsp3) is 0.650. The lowest BCUT2D eigenvalue weighted by Crippen LogP contribution is -2.40. The Morgan fingerprint density at radius 1 is 1.17 bits per heavy atom. The predicted octanol–water partition coefficient (Wildman–Crippen LogP) is 3.90. The zero-order valence-corrected chi connectivity index (χ0v) is 19.2. The van der Waals surface area contributed by atoms with Crippen molar-refractivity contribution in [3.63, 3.8) is 0 Å². The van der Waals surface area contributed by atoms with Crippen LogP contribution in [-0.4, -0.2) is 62.9 Å². The van der Waals surface area contributed by atoms with Gasteiger partial charge in [-0.2, -0.15) is 13.2 Å². The molecule has 1 aliphatic heterocycles. The average molecular weight is 528 g/mol. The molecule has 0 spiro atoms. The van der Waals surface area contributed by atoms with Crippen LogP contribution in [0.5, 0.6) is 5.75 Å². The second kappa shape index (κ2) is 13.9. The molecule has 1 fully saturated rings. The van der Waals surface area contributed by atoms with Gasteiger partial charge in [0.1, 0.15) is 12.4 Å². The van der Waals surface area contributed by atoms with Crippen molar-refractivity contribution in [3.8, 4) is 5.75 Å². The van der Waals surface area contributed by atoms with Crippen molar-refractivity contribution in [1.82, 2.24) is 15.5 Å². The van der Waals surface area contributed by atoms with E-state index >= 15 is 0 Å². The van der Waals surface area contributed by atoms with E-state index in [-0.39, 0.29) is 24.0 Å². The number of alkyl halides is 3.